The number of nitrogens with zero attached hydrogens (tertiary/aromatic N) is 1. The summed E-state index contributed by atoms with van der Waals surface area (Å²) in [6.07, 6.45) is 3.77. The zero-order chi connectivity index (χ0) is 12.0. The van der Waals surface area contributed by atoms with Gasteiger partial charge < -0.3 is 5.11 Å². The van der Waals surface area contributed by atoms with Crippen LogP contribution in [0.4, 0.5) is 0 Å². The number of aromatic nitrogens is 1. The van der Waals surface area contributed by atoms with Gasteiger partial charge in [-0.2, -0.15) is 0 Å². The standard InChI is InChI=1S/C12H17NO2S/c1-3-9(4-2)8-16-11-6-5-10(7-13-11)12(14)15/h5-7,9H,3-4,8H2,1-2H3,(H,14,15). The Balaban J connectivity index is 2.52. The lowest BCUT2D eigenvalue weighted by atomic mass is 10.1. The van der Waals surface area contributed by atoms with E-state index in [1.807, 2.05) is 0 Å². The third-order valence-corrected chi connectivity index (χ3v) is 3.78. The van der Waals surface area contributed by atoms with Gasteiger partial charge in [0.1, 0.15) is 0 Å². The molecule has 0 aliphatic heterocycles. The minimum Gasteiger partial charge on any atom is -0.478 e. The highest BCUT2D eigenvalue weighted by atomic mass is 32.2. The van der Waals surface area contributed by atoms with Crippen LogP contribution in [0.5, 0.6) is 0 Å². The lowest BCUT2D eigenvalue weighted by Gasteiger charge is -2.10. The summed E-state index contributed by atoms with van der Waals surface area (Å²) < 4.78 is 0. The molecule has 0 aromatic carbocycles. The molecule has 1 aromatic heterocycles. The lowest BCUT2D eigenvalue weighted by molar-refractivity contribution is 0.0696. The maximum absolute atomic E-state index is 10.6. The van der Waals surface area contributed by atoms with Crippen molar-refractivity contribution in [2.45, 2.75) is 31.7 Å². The predicted molar refractivity (Wildman–Crippen MR) is 66.0 cm³/mol. The van der Waals surface area contributed by atoms with Crippen molar-refractivity contribution in [3.8, 4) is 0 Å². The summed E-state index contributed by atoms with van der Waals surface area (Å²) >= 11 is 1.69. The minimum absolute atomic E-state index is 0.242. The molecule has 16 heavy (non-hydrogen) atoms. The number of carbonyl (C=O) groups is 1. The lowest BCUT2D eigenvalue weighted by Crippen LogP contribution is -2.01. The average molecular weight is 239 g/mol. The molecule has 1 aromatic rings. The Kier molecular flexibility index (Phi) is 5.32. The SMILES string of the molecule is CCC(CC)CSc1ccc(C(=O)O)cn1. The monoisotopic (exact) mass is 239 g/mol. The van der Waals surface area contributed by atoms with Crippen LogP contribution in [-0.2, 0) is 0 Å². The molecule has 0 aliphatic rings. The second-order valence-corrected chi connectivity index (χ2v) is 4.72. The molecule has 0 aliphatic carbocycles. The molecule has 4 heteroatoms. The molecule has 0 bridgehead atoms. The molecule has 0 fully saturated rings. The summed E-state index contributed by atoms with van der Waals surface area (Å²) in [5.41, 5.74) is 0.242. The highest BCUT2D eigenvalue weighted by Gasteiger charge is 2.06. The maximum atomic E-state index is 10.6. The van der Waals surface area contributed by atoms with Crippen molar-refractivity contribution < 1.29 is 9.90 Å². The number of aromatic carboxylic acids is 1. The fourth-order valence-electron chi connectivity index (χ4n) is 1.32. The smallest absolute Gasteiger partial charge is 0.337 e. The van der Waals surface area contributed by atoms with Gasteiger partial charge in [-0.3, -0.25) is 0 Å². The van der Waals surface area contributed by atoms with Crippen molar-refractivity contribution in [3.05, 3.63) is 23.9 Å². The van der Waals surface area contributed by atoms with Gasteiger partial charge in [0.15, 0.2) is 0 Å². The van der Waals surface area contributed by atoms with Crippen LogP contribution in [0.3, 0.4) is 0 Å². The maximum Gasteiger partial charge on any atom is 0.337 e. The number of carboxylic acid groups (broad SMARTS) is 1. The first kappa shape index (κ1) is 13.0. The van der Waals surface area contributed by atoms with Crippen LogP contribution in [0.1, 0.15) is 37.0 Å². The van der Waals surface area contributed by atoms with E-state index in [0.717, 1.165) is 10.8 Å². The normalized spacial score (nSPS) is 10.7. The Hall–Kier alpha value is -1.03. The summed E-state index contributed by atoms with van der Waals surface area (Å²) in [4.78, 5) is 14.7. The second-order valence-electron chi connectivity index (χ2n) is 3.68. The molecule has 0 saturated carbocycles. The molecular weight excluding hydrogens is 222 g/mol. The van der Waals surface area contributed by atoms with E-state index in [-0.39, 0.29) is 5.56 Å². The first-order valence-electron chi connectivity index (χ1n) is 5.49. The first-order chi connectivity index (χ1) is 7.67. The van der Waals surface area contributed by atoms with E-state index in [2.05, 4.69) is 18.8 Å². The molecule has 0 amide bonds. The van der Waals surface area contributed by atoms with Crippen molar-refractivity contribution in [2.24, 2.45) is 5.92 Å². The van der Waals surface area contributed by atoms with E-state index in [0.29, 0.717) is 5.92 Å². The van der Waals surface area contributed by atoms with Gasteiger partial charge in [0.05, 0.1) is 10.6 Å². The van der Waals surface area contributed by atoms with E-state index in [1.54, 1.807) is 23.9 Å². The second kappa shape index (κ2) is 6.53. The van der Waals surface area contributed by atoms with Crippen LogP contribution in [-0.4, -0.2) is 21.8 Å². The van der Waals surface area contributed by atoms with Crippen LogP contribution in [0.2, 0.25) is 0 Å². The summed E-state index contributed by atoms with van der Waals surface area (Å²) in [5.74, 6) is 0.835. The van der Waals surface area contributed by atoms with Crippen LogP contribution in [0, 0.1) is 5.92 Å². The minimum atomic E-state index is -0.927. The van der Waals surface area contributed by atoms with Crippen LogP contribution in [0.15, 0.2) is 23.4 Å². The summed E-state index contributed by atoms with van der Waals surface area (Å²) in [6.45, 7) is 4.38. The Morgan fingerprint density at radius 3 is 2.56 bits per heavy atom. The van der Waals surface area contributed by atoms with E-state index < -0.39 is 5.97 Å². The molecule has 0 atom stereocenters. The average Bonchev–Trinajstić information content (AvgIpc) is 2.31. The van der Waals surface area contributed by atoms with E-state index in [4.69, 9.17) is 5.11 Å². The molecule has 1 rings (SSSR count). The van der Waals surface area contributed by atoms with E-state index >= 15 is 0 Å². The van der Waals surface area contributed by atoms with Gasteiger partial charge in [-0.1, -0.05) is 26.7 Å². The fraction of sp³-hybridized carbons (Fsp3) is 0.500. The van der Waals surface area contributed by atoms with Gasteiger partial charge >= 0.3 is 5.97 Å². The Morgan fingerprint density at radius 2 is 2.12 bits per heavy atom. The fourth-order valence-corrected chi connectivity index (χ4v) is 2.49. The van der Waals surface area contributed by atoms with Crippen molar-refractivity contribution in [3.63, 3.8) is 0 Å². The van der Waals surface area contributed by atoms with Gasteiger partial charge in [-0.05, 0) is 18.1 Å². The molecule has 0 saturated heterocycles. The van der Waals surface area contributed by atoms with E-state index in [9.17, 15) is 4.79 Å². The molecule has 3 nitrogen and oxygen atoms in total. The molecular formula is C12H17NO2S. The zero-order valence-electron chi connectivity index (χ0n) is 9.64. The number of hydrogen-bond donors (Lipinski definition) is 1. The van der Waals surface area contributed by atoms with Crippen molar-refractivity contribution >= 4 is 17.7 Å². The van der Waals surface area contributed by atoms with Gasteiger partial charge in [0.2, 0.25) is 0 Å². The predicted octanol–water partition coefficient (Wildman–Crippen LogP) is 3.31. The number of hydrogen-bond acceptors (Lipinski definition) is 3. The number of carboxylic acids is 1. The largest absolute Gasteiger partial charge is 0.478 e. The Morgan fingerprint density at radius 1 is 1.44 bits per heavy atom. The third-order valence-electron chi connectivity index (χ3n) is 2.60. The van der Waals surface area contributed by atoms with E-state index in [1.165, 1.54) is 19.0 Å². The number of thioether (sulfide) groups is 1. The van der Waals surface area contributed by atoms with Crippen molar-refractivity contribution in [1.29, 1.82) is 0 Å². The zero-order valence-corrected chi connectivity index (χ0v) is 10.5. The topological polar surface area (TPSA) is 50.2 Å². The van der Waals surface area contributed by atoms with Crippen LogP contribution in [0.25, 0.3) is 0 Å². The van der Waals surface area contributed by atoms with Crippen LogP contribution >= 0.6 is 11.8 Å². The molecule has 0 spiro atoms. The summed E-state index contributed by atoms with van der Waals surface area (Å²) in [5, 5.41) is 9.62. The third kappa shape index (κ3) is 3.85. The molecule has 88 valence electrons. The summed E-state index contributed by atoms with van der Waals surface area (Å²) in [6, 6.07) is 3.38. The number of pyridine rings is 1. The number of rotatable bonds is 6. The Bertz CT molecular complexity index is 333. The molecule has 0 unspecified atom stereocenters. The highest BCUT2D eigenvalue weighted by Crippen LogP contribution is 2.21. The molecule has 0 radical (unpaired) electrons. The Labute approximate surface area is 100 Å². The van der Waals surface area contributed by atoms with Crippen molar-refractivity contribution in [2.75, 3.05) is 5.75 Å². The quantitative estimate of drug-likeness (QED) is 0.774. The van der Waals surface area contributed by atoms with Crippen LogP contribution < -0.4 is 0 Å². The summed E-state index contributed by atoms with van der Waals surface area (Å²) in [7, 11) is 0. The highest BCUT2D eigenvalue weighted by molar-refractivity contribution is 7.99. The van der Waals surface area contributed by atoms with Crippen molar-refractivity contribution in [1.82, 2.24) is 4.98 Å². The van der Waals surface area contributed by atoms with Gasteiger partial charge in [0, 0.05) is 11.9 Å². The van der Waals surface area contributed by atoms with Gasteiger partial charge in [0.25, 0.3) is 0 Å². The van der Waals surface area contributed by atoms with Gasteiger partial charge in [-0.25, -0.2) is 9.78 Å². The molecule has 1 N–H and O–H groups in total. The van der Waals surface area contributed by atoms with Gasteiger partial charge in [-0.15, -0.1) is 11.8 Å². The first-order valence-corrected chi connectivity index (χ1v) is 6.48. The molecule has 1 heterocycles.